The lowest BCUT2D eigenvalue weighted by Gasteiger charge is -2.12. The molecule has 0 aliphatic carbocycles. The Morgan fingerprint density at radius 1 is 0.806 bits per heavy atom. The third kappa shape index (κ3) is 6.24. The molecule has 0 aromatic heterocycles. The van der Waals surface area contributed by atoms with Gasteiger partial charge in [0, 0.05) is 11.3 Å². The molecule has 7 heteroatoms. The summed E-state index contributed by atoms with van der Waals surface area (Å²) in [6.45, 7) is 2.23. The Labute approximate surface area is 180 Å². The summed E-state index contributed by atoms with van der Waals surface area (Å²) in [4.78, 5) is 24.6. The topological polar surface area (TPSA) is 85.9 Å². The minimum Gasteiger partial charge on any atom is -0.497 e. The smallest absolute Gasteiger partial charge is 0.262 e. The molecule has 0 saturated heterocycles. The summed E-state index contributed by atoms with van der Waals surface area (Å²) < 4.78 is 16.1. The second kappa shape index (κ2) is 10.7. The third-order valence-corrected chi connectivity index (χ3v) is 4.30. The first-order chi connectivity index (χ1) is 15.1. The number of anilines is 2. The van der Waals surface area contributed by atoms with Crippen molar-refractivity contribution in [3.63, 3.8) is 0 Å². The summed E-state index contributed by atoms with van der Waals surface area (Å²) in [5, 5.41) is 5.58. The largest absolute Gasteiger partial charge is 0.497 e. The number of ether oxygens (including phenoxy) is 3. The van der Waals surface area contributed by atoms with Crippen molar-refractivity contribution >= 4 is 23.2 Å². The lowest BCUT2D eigenvalue weighted by molar-refractivity contribution is -0.118. The van der Waals surface area contributed by atoms with Crippen LogP contribution in [-0.4, -0.2) is 32.1 Å². The maximum Gasteiger partial charge on any atom is 0.262 e. The van der Waals surface area contributed by atoms with Gasteiger partial charge in [-0.15, -0.1) is 0 Å². The average molecular weight is 420 g/mol. The van der Waals surface area contributed by atoms with E-state index in [0.29, 0.717) is 40.8 Å². The molecule has 0 radical (unpaired) electrons. The van der Waals surface area contributed by atoms with Crippen molar-refractivity contribution in [1.82, 2.24) is 0 Å². The highest BCUT2D eigenvalue weighted by Gasteiger charge is 2.10. The van der Waals surface area contributed by atoms with Crippen molar-refractivity contribution in [2.45, 2.75) is 6.92 Å². The zero-order valence-electron chi connectivity index (χ0n) is 17.4. The van der Waals surface area contributed by atoms with Crippen LogP contribution in [0.3, 0.4) is 0 Å². The van der Waals surface area contributed by atoms with Gasteiger partial charge in [0.25, 0.3) is 11.8 Å². The molecule has 0 bridgehead atoms. The summed E-state index contributed by atoms with van der Waals surface area (Å²) in [5.74, 6) is 1.24. The minimum atomic E-state index is -0.292. The van der Waals surface area contributed by atoms with Crippen LogP contribution in [0, 0.1) is 0 Å². The SMILES string of the molecule is CCOc1ccccc1NC(=O)c1ccc(OCC(=O)Nc2ccc(OC)cc2)cc1. The van der Waals surface area contributed by atoms with E-state index in [9.17, 15) is 9.59 Å². The normalized spacial score (nSPS) is 10.1. The highest BCUT2D eigenvalue weighted by molar-refractivity contribution is 6.05. The fourth-order valence-electron chi connectivity index (χ4n) is 2.77. The molecule has 0 aliphatic heterocycles. The van der Waals surface area contributed by atoms with Crippen LogP contribution in [0.5, 0.6) is 17.2 Å². The number of methoxy groups -OCH3 is 1. The molecule has 3 aromatic rings. The van der Waals surface area contributed by atoms with Crippen molar-refractivity contribution in [2.24, 2.45) is 0 Å². The Hall–Kier alpha value is -4.00. The summed E-state index contributed by atoms with van der Waals surface area (Å²) in [6.07, 6.45) is 0. The van der Waals surface area contributed by atoms with Gasteiger partial charge in [-0.25, -0.2) is 0 Å². The highest BCUT2D eigenvalue weighted by atomic mass is 16.5. The molecule has 0 spiro atoms. The van der Waals surface area contributed by atoms with Crippen LogP contribution < -0.4 is 24.8 Å². The molecule has 7 nitrogen and oxygen atoms in total. The molecule has 160 valence electrons. The van der Waals surface area contributed by atoms with Crippen LogP contribution in [0.4, 0.5) is 11.4 Å². The number of carbonyl (C=O) groups excluding carboxylic acids is 2. The molecule has 0 aliphatic rings. The maximum atomic E-state index is 12.5. The Balaban J connectivity index is 1.52. The molecule has 0 atom stereocenters. The van der Waals surface area contributed by atoms with Crippen molar-refractivity contribution in [3.05, 3.63) is 78.4 Å². The standard InChI is InChI=1S/C24H24N2O5/c1-3-30-22-7-5-4-6-21(22)26-24(28)17-8-12-20(13-9-17)31-16-23(27)25-18-10-14-19(29-2)15-11-18/h4-15H,3,16H2,1-2H3,(H,25,27)(H,26,28). The van der Waals surface area contributed by atoms with E-state index in [4.69, 9.17) is 14.2 Å². The number of hydrogen-bond donors (Lipinski definition) is 2. The van der Waals surface area contributed by atoms with Gasteiger partial charge in [-0.2, -0.15) is 0 Å². The Bertz CT molecular complexity index is 1020. The fraction of sp³-hybridized carbons (Fsp3) is 0.167. The monoisotopic (exact) mass is 420 g/mol. The van der Waals surface area contributed by atoms with Crippen LogP contribution in [-0.2, 0) is 4.79 Å². The number of hydrogen-bond acceptors (Lipinski definition) is 5. The summed E-state index contributed by atoms with van der Waals surface area (Å²) >= 11 is 0. The van der Waals surface area contributed by atoms with Crippen molar-refractivity contribution in [1.29, 1.82) is 0 Å². The molecule has 31 heavy (non-hydrogen) atoms. The zero-order chi connectivity index (χ0) is 22.1. The molecule has 2 amide bonds. The molecular formula is C24H24N2O5. The van der Waals surface area contributed by atoms with Crippen molar-refractivity contribution < 1.29 is 23.8 Å². The maximum absolute atomic E-state index is 12.5. The lowest BCUT2D eigenvalue weighted by atomic mass is 10.2. The van der Waals surface area contributed by atoms with Gasteiger partial charge in [-0.05, 0) is 67.6 Å². The van der Waals surface area contributed by atoms with Gasteiger partial charge < -0.3 is 24.8 Å². The first-order valence-corrected chi connectivity index (χ1v) is 9.79. The number of para-hydroxylation sites is 2. The molecular weight excluding hydrogens is 396 g/mol. The van der Waals surface area contributed by atoms with E-state index in [0.717, 1.165) is 0 Å². The summed E-state index contributed by atoms with van der Waals surface area (Å²) in [5.41, 5.74) is 1.71. The highest BCUT2D eigenvalue weighted by Crippen LogP contribution is 2.24. The molecule has 0 fully saturated rings. The van der Waals surface area contributed by atoms with Crippen LogP contribution >= 0.6 is 0 Å². The summed E-state index contributed by atoms with van der Waals surface area (Å²) in [6, 6.07) is 20.8. The van der Waals surface area contributed by atoms with Crippen LogP contribution in [0.15, 0.2) is 72.8 Å². The minimum absolute atomic E-state index is 0.153. The average Bonchev–Trinajstić information content (AvgIpc) is 2.80. The van der Waals surface area contributed by atoms with Gasteiger partial charge >= 0.3 is 0 Å². The van der Waals surface area contributed by atoms with Gasteiger partial charge in [-0.1, -0.05) is 12.1 Å². The number of nitrogens with one attached hydrogen (secondary N) is 2. The van der Waals surface area contributed by atoms with E-state index in [1.165, 1.54) is 0 Å². The summed E-state index contributed by atoms with van der Waals surface area (Å²) in [7, 11) is 1.58. The Kier molecular flexibility index (Phi) is 7.48. The molecule has 0 heterocycles. The van der Waals surface area contributed by atoms with Gasteiger partial charge in [-0.3, -0.25) is 9.59 Å². The van der Waals surface area contributed by atoms with Gasteiger partial charge in [0.05, 0.1) is 19.4 Å². The second-order valence-corrected chi connectivity index (χ2v) is 6.47. The van der Waals surface area contributed by atoms with Gasteiger partial charge in [0.15, 0.2) is 6.61 Å². The molecule has 3 rings (SSSR count). The molecule has 0 saturated carbocycles. The van der Waals surface area contributed by atoms with E-state index in [1.54, 1.807) is 67.8 Å². The molecule has 0 unspecified atom stereocenters. The molecule has 3 aromatic carbocycles. The van der Waals surface area contributed by atoms with Crippen molar-refractivity contribution in [3.8, 4) is 17.2 Å². The van der Waals surface area contributed by atoms with Crippen LogP contribution in [0.25, 0.3) is 0 Å². The van der Waals surface area contributed by atoms with Crippen LogP contribution in [0.2, 0.25) is 0 Å². The van der Waals surface area contributed by atoms with E-state index in [-0.39, 0.29) is 18.4 Å². The van der Waals surface area contributed by atoms with Gasteiger partial charge in [0.2, 0.25) is 0 Å². The lowest BCUT2D eigenvalue weighted by Crippen LogP contribution is -2.20. The first-order valence-electron chi connectivity index (χ1n) is 9.79. The van der Waals surface area contributed by atoms with E-state index >= 15 is 0 Å². The number of amides is 2. The number of carbonyl (C=O) groups is 2. The van der Waals surface area contributed by atoms with E-state index in [1.807, 2.05) is 19.1 Å². The first kappa shape index (κ1) is 21.7. The Morgan fingerprint density at radius 3 is 2.16 bits per heavy atom. The zero-order valence-corrected chi connectivity index (χ0v) is 17.4. The van der Waals surface area contributed by atoms with Crippen LogP contribution in [0.1, 0.15) is 17.3 Å². The predicted octanol–water partition coefficient (Wildman–Crippen LogP) is 4.36. The third-order valence-electron chi connectivity index (χ3n) is 4.30. The quantitative estimate of drug-likeness (QED) is 0.537. The molecule has 2 N–H and O–H groups in total. The number of benzene rings is 3. The van der Waals surface area contributed by atoms with E-state index < -0.39 is 0 Å². The van der Waals surface area contributed by atoms with E-state index in [2.05, 4.69) is 10.6 Å². The van der Waals surface area contributed by atoms with Gasteiger partial charge in [0.1, 0.15) is 17.2 Å². The fourth-order valence-corrected chi connectivity index (χ4v) is 2.77. The number of rotatable bonds is 9. The second-order valence-electron chi connectivity index (χ2n) is 6.47. The Morgan fingerprint density at radius 2 is 1.48 bits per heavy atom. The predicted molar refractivity (Wildman–Crippen MR) is 119 cm³/mol. The van der Waals surface area contributed by atoms with Crippen molar-refractivity contribution in [2.75, 3.05) is 31.0 Å².